The number of methoxy groups -OCH3 is 1. The van der Waals surface area contributed by atoms with Crippen LogP contribution in [0.5, 0.6) is 5.75 Å². The fourth-order valence-corrected chi connectivity index (χ4v) is 3.10. The average Bonchev–Trinajstić information content (AvgIpc) is 2.49. The molecule has 2 rings (SSSR count). The number of rotatable bonds is 4. The van der Waals surface area contributed by atoms with Crippen molar-refractivity contribution in [1.29, 1.82) is 0 Å². The molecule has 0 aliphatic heterocycles. The van der Waals surface area contributed by atoms with Crippen LogP contribution in [0.3, 0.4) is 0 Å². The summed E-state index contributed by atoms with van der Waals surface area (Å²) in [4.78, 5) is 12.4. The van der Waals surface area contributed by atoms with Crippen LogP contribution in [-0.2, 0) is 10.0 Å². The maximum absolute atomic E-state index is 12.5. The van der Waals surface area contributed by atoms with Crippen molar-refractivity contribution >= 4 is 49.1 Å². The van der Waals surface area contributed by atoms with E-state index in [9.17, 15) is 13.2 Å². The minimum atomic E-state index is -3.92. The molecule has 6 nitrogen and oxygen atoms in total. The minimum Gasteiger partial charge on any atom is -0.495 e. The van der Waals surface area contributed by atoms with E-state index in [1.165, 1.54) is 25.3 Å². The van der Waals surface area contributed by atoms with Gasteiger partial charge in [-0.05, 0) is 52.7 Å². The van der Waals surface area contributed by atoms with Crippen LogP contribution in [0.4, 0.5) is 5.69 Å². The molecule has 0 atom stereocenters. The van der Waals surface area contributed by atoms with E-state index in [4.69, 9.17) is 21.5 Å². The van der Waals surface area contributed by atoms with E-state index in [-0.39, 0.29) is 10.5 Å². The summed E-state index contributed by atoms with van der Waals surface area (Å²) in [6.45, 7) is 1.79. The van der Waals surface area contributed by atoms with E-state index < -0.39 is 15.9 Å². The van der Waals surface area contributed by atoms with Crippen LogP contribution in [0.15, 0.2) is 39.7 Å². The summed E-state index contributed by atoms with van der Waals surface area (Å²) in [5, 5.41) is 8.28. The molecule has 0 radical (unpaired) electrons. The van der Waals surface area contributed by atoms with Gasteiger partial charge in [0.05, 0.1) is 23.3 Å². The summed E-state index contributed by atoms with van der Waals surface area (Å²) in [5.41, 5.74) is 1.29. The van der Waals surface area contributed by atoms with Gasteiger partial charge in [0.25, 0.3) is 5.91 Å². The monoisotopic (exact) mass is 432 g/mol. The Bertz CT molecular complexity index is 916. The predicted molar refractivity (Wildman–Crippen MR) is 96.2 cm³/mol. The molecule has 0 heterocycles. The molecule has 0 unspecified atom stereocenters. The summed E-state index contributed by atoms with van der Waals surface area (Å²) in [6.07, 6.45) is 0. The minimum absolute atomic E-state index is 0.121. The van der Waals surface area contributed by atoms with Gasteiger partial charge in [-0.25, -0.2) is 13.6 Å². The molecule has 0 fully saturated rings. The van der Waals surface area contributed by atoms with E-state index in [0.29, 0.717) is 20.9 Å². The number of amides is 1. The number of hydrogen-bond acceptors (Lipinski definition) is 4. The molecule has 0 saturated heterocycles. The Kier molecular flexibility index (Phi) is 5.54. The lowest BCUT2D eigenvalue weighted by molar-refractivity contribution is 0.102. The first kappa shape index (κ1) is 18.7. The Hall–Kier alpha value is -1.61. The highest BCUT2D eigenvalue weighted by Crippen LogP contribution is 2.32. The molecular formula is C15H14BrClN2O4S. The molecule has 9 heteroatoms. The Balaban J connectivity index is 2.43. The van der Waals surface area contributed by atoms with Gasteiger partial charge in [-0.1, -0.05) is 11.6 Å². The van der Waals surface area contributed by atoms with Crippen molar-refractivity contribution in [3.05, 3.63) is 51.0 Å². The van der Waals surface area contributed by atoms with Crippen molar-refractivity contribution in [3.8, 4) is 5.75 Å². The molecular weight excluding hydrogens is 420 g/mol. The molecule has 128 valence electrons. The highest BCUT2D eigenvalue weighted by Gasteiger charge is 2.17. The molecule has 24 heavy (non-hydrogen) atoms. The van der Waals surface area contributed by atoms with E-state index in [1.54, 1.807) is 19.1 Å². The molecule has 0 aliphatic carbocycles. The lowest BCUT2D eigenvalue weighted by atomic mass is 10.1. The zero-order valence-electron chi connectivity index (χ0n) is 12.8. The Morgan fingerprint density at radius 3 is 2.54 bits per heavy atom. The van der Waals surface area contributed by atoms with E-state index >= 15 is 0 Å². The van der Waals surface area contributed by atoms with Crippen LogP contribution in [-0.4, -0.2) is 21.4 Å². The normalized spacial score (nSPS) is 11.2. The van der Waals surface area contributed by atoms with Gasteiger partial charge < -0.3 is 10.1 Å². The molecule has 0 aromatic heterocycles. The maximum atomic E-state index is 12.5. The van der Waals surface area contributed by atoms with E-state index in [2.05, 4.69) is 21.2 Å². The Morgan fingerprint density at radius 2 is 1.96 bits per heavy atom. The standard InChI is InChI=1S/C15H14BrClN2O4S/c1-8-5-13(14(23-2)7-12(8)17)19-15(20)10-6-9(24(18,21)22)3-4-11(10)16/h3-7H,1-2H3,(H,19,20)(H2,18,21,22). The quantitative estimate of drug-likeness (QED) is 0.772. The second-order valence-electron chi connectivity index (χ2n) is 4.94. The fourth-order valence-electron chi connectivity index (χ4n) is 1.97. The van der Waals surface area contributed by atoms with Crippen LogP contribution < -0.4 is 15.2 Å². The lowest BCUT2D eigenvalue weighted by Gasteiger charge is -2.13. The fraction of sp³-hybridized carbons (Fsp3) is 0.133. The van der Waals surface area contributed by atoms with Crippen molar-refractivity contribution in [3.63, 3.8) is 0 Å². The van der Waals surface area contributed by atoms with Crippen LogP contribution in [0.25, 0.3) is 0 Å². The molecule has 2 aromatic rings. The largest absolute Gasteiger partial charge is 0.495 e. The number of aryl methyl sites for hydroxylation is 1. The van der Waals surface area contributed by atoms with Crippen molar-refractivity contribution in [2.75, 3.05) is 12.4 Å². The van der Waals surface area contributed by atoms with Gasteiger partial charge in [-0.2, -0.15) is 0 Å². The summed E-state index contributed by atoms with van der Waals surface area (Å²) in [7, 11) is -2.46. The zero-order chi connectivity index (χ0) is 18.1. The number of nitrogens with one attached hydrogen (secondary N) is 1. The molecule has 1 amide bonds. The third kappa shape index (κ3) is 4.07. The number of ether oxygens (including phenoxy) is 1. The molecule has 0 aliphatic rings. The van der Waals surface area contributed by atoms with Crippen molar-refractivity contribution in [2.24, 2.45) is 5.14 Å². The number of carbonyl (C=O) groups is 1. The van der Waals surface area contributed by atoms with Gasteiger partial charge in [0.1, 0.15) is 5.75 Å². The Labute approximate surface area is 153 Å². The number of benzene rings is 2. The molecule has 0 bridgehead atoms. The summed E-state index contributed by atoms with van der Waals surface area (Å²) in [6, 6.07) is 7.20. The van der Waals surface area contributed by atoms with Gasteiger partial charge in [0, 0.05) is 15.6 Å². The van der Waals surface area contributed by atoms with Crippen molar-refractivity contribution in [2.45, 2.75) is 11.8 Å². The summed E-state index contributed by atoms with van der Waals surface area (Å²) in [5.74, 6) is -0.134. The Morgan fingerprint density at radius 1 is 1.29 bits per heavy atom. The molecule has 0 saturated carbocycles. The summed E-state index contributed by atoms with van der Waals surface area (Å²) >= 11 is 9.26. The first-order valence-corrected chi connectivity index (χ1v) is 9.33. The van der Waals surface area contributed by atoms with Gasteiger partial charge in [0.15, 0.2) is 0 Å². The first-order valence-electron chi connectivity index (χ1n) is 6.61. The third-order valence-corrected chi connectivity index (χ3v) is 5.25. The van der Waals surface area contributed by atoms with Gasteiger partial charge >= 0.3 is 0 Å². The van der Waals surface area contributed by atoms with Crippen LogP contribution in [0.2, 0.25) is 5.02 Å². The van der Waals surface area contributed by atoms with E-state index in [0.717, 1.165) is 5.56 Å². The average molecular weight is 434 g/mol. The lowest BCUT2D eigenvalue weighted by Crippen LogP contribution is -2.16. The third-order valence-electron chi connectivity index (χ3n) is 3.24. The molecule has 3 N–H and O–H groups in total. The number of halogens is 2. The van der Waals surface area contributed by atoms with Crippen LogP contribution >= 0.6 is 27.5 Å². The van der Waals surface area contributed by atoms with Gasteiger partial charge in [0.2, 0.25) is 10.0 Å². The van der Waals surface area contributed by atoms with Gasteiger partial charge in [-0.3, -0.25) is 4.79 Å². The highest BCUT2D eigenvalue weighted by molar-refractivity contribution is 9.10. The van der Waals surface area contributed by atoms with Crippen LogP contribution in [0, 0.1) is 6.92 Å². The molecule has 0 spiro atoms. The number of anilines is 1. The SMILES string of the molecule is COc1cc(Cl)c(C)cc1NC(=O)c1cc(S(N)(=O)=O)ccc1Br. The topological polar surface area (TPSA) is 98.5 Å². The second-order valence-corrected chi connectivity index (χ2v) is 7.77. The molecule has 2 aromatic carbocycles. The van der Waals surface area contributed by atoms with E-state index in [1.807, 2.05) is 0 Å². The van der Waals surface area contributed by atoms with Gasteiger partial charge in [-0.15, -0.1) is 0 Å². The summed E-state index contributed by atoms with van der Waals surface area (Å²) < 4.78 is 28.5. The second kappa shape index (κ2) is 7.10. The predicted octanol–water partition coefficient (Wildman–Crippen LogP) is 3.32. The highest BCUT2D eigenvalue weighted by atomic mass is 79.9. The zero-order valence-corrected chi connectivity index (χ0v) is 15.9. The maximum Gasteiger partial charge on any atom is 0.256 e. The number of sulfonamides is 1. The number of hydrogen-bond donors (Lipinski definition) is 2. The number of nitrogens with two attached hydrogens (primary N) is 1. The smallest absolute Gasteiger partial charge is 0.256 e. The van der Waals surface area contributed by atoms with Crippen molar-refractivity contribution in [1.82, 2.24) is 0 Å². The van der Waals surface area contributed by atoms with Crippen molar-refractivity contribution < 1.29 is 17.9 Å². The van der Waals surface area contributed by atoms with Crippen LogP contribution in [0.1, 0.15) is 15.9 Å². The first-order chi connectivity index (χ1) is 11.1. The number of carbonyl (C=O) groups excluding carboxylic acids is 1. The number of primary sulfonamides is 1.